The van der Waals surface area contributed by atoms with Crippen molar-refractivity contribution in [1.82, 2.24) is 0 Å². The summed E-state index contributed by atoms with van der Waals surface area (Å²) in [6.45, 7) is 4.74. The van der Waals surface area contributed by atoms with Crippen molar-refractivity contribution < 1.29 is 24.2 Å². The van der Waals surface area contributed by atoms with Crippen molar-refractivity contribution >= 4 is 11.8 Å². The number of carbonyl (C=O) groups is 2. The normalized spacial score (nSPS) is 17.3. The van der Waals surface area contributed by atoms with Crippen molar-refractivity contribution in [1.29, 1.82) is 0 Å². The molecule has 0 amide bonds. The van der Waals surface area contributed by atoms with Gasteiger partial charge in [-0.05, 0) is 51.3 Å². The maximum absolute atomic E-state index is 12.7. The first-order valence-electron chi connectivity index (χ1n) is 7.94. The summed E-state index contributed by atoms with van der Waals surface area (Å²) in [5.41, 5.74) is 0.843. The Hall–Kier alpha value is -2.30. The molecule has 5 nitrogen and oxygen atoms in total. The fourth-order valence-electron chi connectivity index (χ4n) is 2.73. The second kappa shape index (κ2) is 7.81. The van der Waals surface area contributed by atoms with Gasteiger partial charge in [-0.3, -0.25) is 4.79 Å². The van der Waals surface area contributed by atoms with Crippen LogP contribution < -0.4 is 9.47 Å². The molecule has 0 saturated carbocycles. The van der Waals surface area contributed by atoms with Crippen molar-refractivity contribution in [3.63, 3.8) is 0 Å². The minimum absolute atomic E-state index is 0.0764. The summed E-state index contributed by atoms with van der Waals surface area (Å²) in [7, 11) is 0. The first kappa shape index (κ1) is 17.1. The van der Waals surface area contributed by atoms with Crippen molar-refractivity contribution in [3.05, 3.63) is 35.4 Å². The maximum atomic E-state index is 12.7. The first-order valence-corrected chi connectivity index (χ1v) is 7.94. The van der Waals surface area contributed by atoms with Gasteiger partial charge in [0, 0.05) is 17.1 Å². The quantitative estimate of drug-likeness (QED) is 0.779. The molecule has 0 aliphatic heterocycles. The molecule has 0 bridgehead atoms. The van der Waals surface area contributed by atoms with Gasteiger partial charge < -0.3 is 14.6 Å². The lowest BCUT2D eigenvalue weighted by atomic mass is 9.85. The molecule has 0 aromatic heterocycles. The molecule has 23 heavy (non-hydrogen) atoms. The number of hydrogen-bond donors (Lipinski definition) is 1. The SMILES string of the molecule is CCOc1ccc(C(=O)C2C=C(C(=O)O)CCC2)cc1OCC. The lowest BCUT2D eigenvalue weighted by Gasteiger charge is -2.19. The first-order chi connectivity index (χ1) is 11.1. The van der Waals surface area contributed by atoms with Crippen molar-refractivity contribution in [2.24, 2.45) is 5.92 Å². The third-order valence-electron chi connectivity index (χ3n) is 3.80. The highest BCUT2D eigenvalue weighted by molar-refractivity contribution is 6.00. The second-order valence-corrected chi connectivity index (χ2v) is 5.39. The number of carboxylic acid groups (broad SMARTS) is 1. The van der Waals surface area contributed by atoms with Crippen molar-refractivity contribution in [2.75, 3.05) is 13.2 Å². The molecule has 1 aliphatic rings. The van der Waals surface area contributed by atoms with Gasteiger partial charge in [-0.15, -0.1) is 0 Å². The summed E-state index contributed by atoms with van der Waals surface area (Å²) in [5.74, 6) is -0.256. The number of carbonyl (C=O) groups excluding carboxylic acids is 1. The summed E-state index contributed by atoms with van der Waals surface area (Å²) >= 11 is 0. The number of aliphatic carboxylic acids is 1. The zero-order valence-corrected chi connectivity index (χ0v) is 13.5. The Kier molecular flexibility index (Phi) is 5.79. The number of Topliss-reactive ketones (excluding diaryl/α,β-unsaturated/α-hetero) is 1. The number of hydrogen-bond acceptors (Lipinski definition) is 4. The van der Waals surface area contributed by atoms with Crippen LogP contribution in [0.2, 0.25) is 0 Å². The van der Waals surface area contributed by atoms with E-state index in [1.54, 1.807) is 24.3 Å². The molecule has 0 spiro atoms. The minimum Gasteiger partial charge on any atom is -0.490 e. The summed E-state index contributed by atoms with van der Waals surface area (Å²) in [4.78, 5) is 23.8. The van der Waals surface area contributed by atoms with Crippen molar-refractivity contribution in [3.8, 4) is 11.5 Å². The van der Waals surface area contributed by atoms with Crippen LogP contribution in [0.25, 0.3) is 0 Å². The topological polar surface area (TPSA) is 72.8 Å². The molecule has 1 aromatic rings. The van der Waals surface area contributed by atoms with Gasteiger partial charge in [0.15, 0.2) is 17.3 Å². The Morgan fingerprint density at radius 1 is 1.17 bits per heavy atom. The van der Waals surface area contributed by atoms with Gasteiger partial charge in [-0.1, -0.05) is 6.08 Å². The third-order valence-corrected chi connectivity index (χ3v) is 3.80. The fourth-order valence-corrected chi connectivity index (χ4v) is 2.73. The van der Waals surface area contributed by atoms with Gasteiger partial charge >= 0.3 is 5.97 Å². The van der Waals surface area contributed by atoms with Gasteiger partial charge in [0.1, 0.15) is 0 Å². The van der Waals surface area contributed by atoms with Crippen LogP contribution in [0.4, 0.5) is 0 Å². The average molecular weight is 318 g/mol. The van der Waals surface area contributed by atoms with Crippen LogP contribution >= 0.6 is 0 Å². The van der Waals surface area contributed by atoms with E-state index in [-0.39, 0.29) is 11.7 Å². The van der Waals surface area contributed by atoms with E-state index in [2.05, 4.69) is 0 Å². The van der Waals surface area contributed by atoms with E-state index in [0.29, 0.717) is 55.1 Å². The van der Waals surface area contributed by atoms with E-state index >= 15 is 0 Å². The van der Waals surface area contributed by atoms with E-state index in [1.807, 2.05) is 13.8 Å². The molecule has 5 heteroatoms. The second-order valence-electron chi connectivity index (χ2n) is 5.39. The molecule has 1 unspecified atom stereocenters. The molecule has 0 fully saturated rings. The fraction of sp³-hybridized carbons (Fsp3) is 0.444. The van der Waals surface area contributed by atoms with Crippen LogP contribution in [0, 0.1) is 5.92 Å². The zero-order chi connectivity index (χ0) is 16.8. The van der Waals surface area contributed by atoms with Crippen LogP contribution in [0.15, 0.2) is 29.8 Å². The lowest BCUT2D eigenvalue weighted by Crippen LogP contribution is -2.18. The number of ketones is 1. The smallest absolute Gasteiger partial charge is 0.331 e. The highest BCUT2D eigenvalue weighted by atomic mass is 16.5. The van der Waals surface area contributed by atoms with Gasteiger partial charge in [0.25, 0.3) is 0 Å². The predicted molar refractivity (Wildman–Crippen MR) is 86.2 cm³/mol. The van der Waals surface area contributed by atoms with Gasteiger partial charge in [0.05, 0.1) is 13.2 Å². The van der Waals surface area contributed by atoms with E-state index in [4.69, 9.17) is 14.6 Å². The number of rotatable bonds is 7. The number of carboxylic acids is 1. The van der Waals surface area contributed by atoms with Gasteiger partial charge in [-0.2, -0.15) is 0 Å². The van der Waals surface area contributed by atoms with Crippen molar-refractivity contribution in [2.45, 2.75) is 33.1 Å². The third kappa shape index (κ3) is 4.12. The number of ether oxygens (including phenoxy) is 2. The highest BCUT2D eigenvalue weighted by Crippen LogP contribution is 2.31. The standard InChI is InChI=1S/C18H22O5/c1-3-22-15-9-8-13(11-16(15)23-4-2)17(19)12-6-5-7-14(10-12)18(20)21/h8-12H,3-7H2,1-2H3,(H,20,21). The van der Waals surface area contributed by atoms with E-state index < -0.39 is 5.97 Å². The summed E-state index contributed by atoms with van der Waals surface area (Å²) in [6.07, 6.45) is 3.49. The molecule has 2 rings (SSSR count). The lowest BCUT2D eigenvalue weighted by molar-refractivity contribution is -0.132. The molecule has 1 atom stereocenters. The van der Waals surface area contributed by atoms with Crippen LogP contribution in [-0.4, -0.2) is 30.1 Å². The average Bonchev–Trinajstić information content (AvgIpc) is 2.56. The monoisotopic (exact) mass is 318 g/mol. The van der Waals surface area contributed by atoms with E-state index in [9.17, 15) is 9.59 Å². The zero-order valence-electron chi connectivity index (χ0n) is 13.5. The van der Waals surface area contributed by atoms with Gasteiger partial charge in [0.2, 0.25) is 0 Å². The largest absolute Gasteiger partial charge is 0.490 e. The van der Waals surface area contributed by atoms with Crippen LogP contribution in [0.1, 0.15) is 43.5 Å². The van der Waals surface area contributed by atoms with Gasteiger partial charge in [-0.25, -0.2) is 4.79 Å². The molecular formula is C18H22O5. The molecule has 0 heterocycles. The Morgan fingerprint density at radius 3 is 2.52 bits per heavy atom. The summed E-state index contributed by atoms with van der Waals surface area (Å²) in [5, 5.41) is 9.10. The van der Waals surface area contributed by atoms with Crippen LogP contribution in [-0.2, 0) is 4.79 Å². The van der Waals surface area contributed by atoms with Crippen LogP contribution in [0.3, 0.4) is 0 Å². The number of benzene rings is 1. The number of allylic oxidation sites excluding steroid dienone is 1. The summed E-state index contributed by atoms with van der Waals surface area (Å²) < 4.78 is 11.0. The van der Waals surface area contributed by atoms with E-state index in [1.165, 1.54) is 0 Å². The summed E-state index contributed by atoms with van der Waals surface area (Å²) in [6, 6.07) is 5.12. The Bertz CT molecular complexity index is 618. The Morgan fingerprint density at radius 2 is 1.87 bits per heavy atom. The molecule has 0 saturated heterocycles. The molecule has 0 radical (unpaired) electrons. The predicted octanol–water partition coefficient (Wildman–Crippen LogP) is 3.48. The molecular weight excluding hydrogens is 296 g/mol. The Balaban J connectivity index is 2.26. The maximum Gasteiger partial charge on any atom is 0.331 e. The van der Waals surface area contributed by atoms with Crippen LogP contribution in [0.5, 0.6) is 11.5 Å². The van der Waals surface area contributed by atoms with E-state index in [0.717, 1.165) is 0 Å². The molecule has 1 aromatic carbocycles. The molecule has 1 N–H and O–H groups in total. The minimum atomic E-state index is -0.941. The highest BCUT2D eigenvalue weighted by Gasteiger charge is 2.25. The molecule has 124 valence electrons. The molecule has 1 aliphatic carbocycles. The Labute approximate surface area is 135 Å².